The molecule has 0 aromatic rings. The van der Waals surface area contributed by atoms with E-state index in [0.29, 0.717) is 19.3 Å². The van der Waals surface area contributed by atoms with Crippen LogP contribution in [0.15, 0.2) is 72.9 Å². The van der Waals surface area contributed by atoms with Gasteiger partial charge in [-0.1, -0.05) is 312 Å². The van der Waals surface area contributed by atoms with Crippen molar-refractivity contribution in [1.29, 1.82) is 0 Å². The van der Waals surface area contributed by atoms with Crippen LogP contribution < -0.4 is 0 Å². The molecular weight excluding hydrogens is 985 g/mol. The molecule has 0 spiro atoms. The molecule has 80 heavy (non-hydrogen) atoms. The quantitative estimate of drug-likeness (QED) is 0.0261. The highest BCUT2D eigenvalue weighted by molar-refractivity contribution is 5.71. The zero-order valence-electron chi connectivity index (χ0n) is 53.3. The molecule has 0 aromatic carbocycles. The summed E-state index contributed by atoms with van der Waals surface area (Å²) in [4.78, 5) is 38.3. The van der Waals surface area contributed by atoms with Gasteiger partial charge in [-0.05, 0) is 103 Å². The highest BCUT2D eigenvalue weighted by atomic mass is 16.6. The minimum atomic E-state index is -0.779. The minimum Gasteiger partial charge on any atom is -0.462 e. The van der Waals surface area contributed by atoms with E-state index in [-0.39, 0.29) is 31.1 Å². The van der Waals surface area contributed by atoms with Gasteiger partial charge in [-0.15, -0.1) is 0 Å². The van der Waals surface area contributed by atoms with Crippen LogP contribution in [0.5, 0.6) is 0 Å². The third-order valence-electron chi connectivity index (χ3n) is 15.4. The van der Waals surface area contributed by atoms with E-state index in [1.165, 1.54) is 231 Å². The van der Waals surface area contributed by atoms with Crippen molar-refractivity contribution in [3.05, 3.63) is 72.9 Å². The number of rotatable bonds is 64. The summed E-state index contributed by atoms with van der Waals surface area (Å²) in [5.41, 5.74) is 0. The second-order valence-corrected chi connectivity index (χ2v) is 23.4. The highest BCUT2D eigenvalue weighted by Gasteiger charge is 2.19. The van der Waals surface area contributed by atoms with Crippen molar-refractivity contribution in [2.75, 3.05) is 13.2 Å². The predicted molar refractivity (Wildman–Crippen MR) is 348 cm³/mol. The van der Waals surface area contributed by atoms with Gasteiger partial charge >= 0.3 is 17.9 Å². The van der Waals surface area contributed by atoms with Crippen molar-refractivity contribution in [2.45, 2.75) is 367 Å². The first-order chi connectivity index (χ1) is 39.5. The maximum atomic E-state index is 12.9. The van der Waals surface area contributed by atoms with E-state index in [2.05, 4.69) is 93.7 Å². The molecule has 464 valence electrons. The number of hydrogen-bond acceptors (Lipinski definition) is 6. The molecule has 0 radical (unpaired) electrons. The third-order valence-corrected chi connectivity index (χ3v) is 15.4. The summed E-state index contributed by atoms with van der Waals surface area (Å²) >= 11 is 0. The van der Waals surface area contributed by atoms with Crippen LogP contribution in [0.25, 0.3) is 0 Å². The van der Waals surface area contributed by atoms with Crippen LogP contribution in [0.4, 0.5) is 0 Å². The van der Waals surface area contributed by atoms with Crippen LogP contribution in [0.2, 0.25) is 0 Å². The fourth-order valence-electron chi connectivity index (χ4n) is 10.2. The number of unbranched alkanes of at least 4 members (excludes halogenated alkanes) is 41. The van der Waals surface area contributed by atoms with Crippen LogP contribution in [0.3, 0.4) is 0 Å². The lowest BCUT2D eigenvalue weighted by Gasteiger charge is -2.18. The second kappa shape index (κ2) is 68.3. The number of carbonyl (C=O) groups excluding carboxylic acids is 3. The van der Waals surface area contributed by atoms with Gasteiger partial charge in [0.25, 0.3) is 0 Å². The fraction of sp³-hybridized carbons (Fsp3) is 0.797. The Balaban J connectivity index is 4.11. The largest absolute Gasteiger partial charge is 0.462 e. The number of hydrogen-bond donors (Lipinski definition) is 0. The Hall–Kier alpha value is -3.15. The SMILES string of the molecule is CC/C=C\C/C=C\C/C=C\C/C=C\CCCCCCCCCCCCCCCCCCCCCCC(=O)OCC(COC(=O)CCCCCCC/C=C\CCCC)OC(=O)CCCCCCCCC/C=C\CCCCCCCCC. The molecule has 0 amide bonds. The normalized spacial score (nSPS) is 12.5. The Labute approximate surface area is 497 Å². The molecule has 0 aliphatic heterocycles. The Morgan fingerprint density at radius 2 is 0.500 bits per heavy atom. The Bertz CT molecular complexity index is 1470. The summed E-state index contributed by atoms with van der Waals surface area (Å²) in [6, 6.07) is 0. The average molecular weight is 1120 g/mol. The number of ether oxygens (including phenoxy) is 3. The lowest BCUT2D eigenvalue weighted by molar-refractivity contribution is -0.167. The van der Waals surface area contributed by atoms with Crippen LogP contribution in [-0.4, -0.2) is 37.2 Å². The van der Waals surface area contributed by atoms with E-state index in [1.54, 1.807) is 0 Å². The summed E-state index contributed by atoms with van der Waals surface area (Å²) in [6.07, 6.45) is 89.4. The molecule has 6 nitrogen and oxygen atoms in total. The molecule has 1 unspecified atom stereocenters. The van der Waals surface area contributed by atoms with E-state index in [1.807, 2.05) is 0 Å². The molecule has 0 saturated carbocycles. The molecule has 6 heteroatoms. The molecule has 0 aliphatic carbocycles. The maximum absolute atomic E-state index is 12.9. The van der Waals surface area contributed by atoms with Crippen LogP contribution in [-0.2, 0) is 28.6 Å². The number of carbonyl (C=O) groups is 3. The van der Waals surface area contributed by atoms with Crippen LogP contribution in [0, 0.1) is 0 Å². The first-order valence-electron chi connectivity index (χ1n) is 34.9. The minimum absolute atomic E-state index is 0.0750. The third kappa shape index (κ3) is 65.7. The van der Waals surface area contributed by atoms with E-state index >= 15 is 0 Å². The van der Waals surface area contributed by atoms with Crippen molar-refractivity contribution in [2.24, 2.45) is 0 Å². The zero-order valence-corrected chi connectivity index (χ0v) is 53.3. The molecule has 0 heterocycles. The van der Waals surface area contributed by atoms with E-state index < -0.39 is 6.10 Å². The smallest absolute Gasteiger partial charge is 0.306 e. The summed E-state index contributed by atoms with van der Waals surface area (Å²) < 4.78 is 16.9. The van der Waals surface area contributed by atoms with Crippen molar-refractivity contribution >= 4 is 17.9 Å². The molecule has 0 aliphatic rings. The first-order valence-corrected chi connectivity index (χ1v) is 34.9. The number of esters is 3. The van der Waals surface area contributed by atoms with E-state index in [9.17, 15) is 14.4 Å². The molecule has 0 saturated heterocycles. The van der Waals surface area contributed by atoms with Gasteiger partial charge < -0.3 is 14.2 Å². The van der Waals surface area contributed by atoms with Crippen LogP contribution >= 0.6 is 0 Å². The fourth-order valence-corrected chi connectivity index (χ4v) is 10.2. The lowest BCUT2D eigenvalue weighted by atomic mass is 10.0. The summed E-state index contributed by atoms with van der Waals surface area (Å²) in [6.45, 7) is 6.52. The average Bonchev–Trinajstić information content (AvgIpc) is 3.46. The summed E-state index contributed by atoms with van der Waals surface area (Å²) in [7, 11) is 0. The first kappa shape index (κ1) is 76.9. The molecule has 0 fully saturated rings. The van der Waals surface area contributed by atoms with Gasteiger partial charge in [0, 0.05) is 19.3 Å². The lowest BCUT2D eigenvalue weighted by Crippen LogP contribution is -2.30. The van der Waals surface area contributed by atoms with Gasteiger partial charge in [0.15, 0.2) is 6.10 Å². The maximum Gasteiger partial charge on any atom is 0.306 e. The molecule has 1 atom stereocenters. The topological polar surface area (TPSA) is 78.9 Å². The van der Waals surface area contributed by atoms with Gasteiger partial charge in [-0.25, -0.2) is 0 Å². The predicted octanol–water partition coefficient (Wildman–Crippen LogP) is 24.1. The van der Waals surface area contributed by atoms with Gasteiger partial charge in [-0.2, -0.15) is 0 Å². The van der Waals surface area contributed by atoms with Crippen molar-refractivity contribution < 1.29 is 28.6 Å². The number of allylic oxidation sites excluding steroid dienone is 12. The standard InChI is InChI=1S/C74H132O6/c1-4-7-10-13-16-19-22-24-26-28-30-31-32-33-34-35-36-37-38-39-40-41-42-43-44-46-47-49-52-55-58-61-64-67-73(76)79-70-71(69-78-72(75)66-63-60-57-54-51-21-18-15-12-9-6-3)80-74(77)68-65-62-59-56-53-50-48-45-29-27-25-23-20-17-14-11-8-5-2/h7,10,15-16,18-19,24,26-27,29-31,71H,4-6,8-9,11-14,17,20-23,25,28,32-70H2,1-3H3/b10-7-,18-15-,19-16-,26-24-,29-27-,31-30-. The van der Waals surface area contributed by atoms with Crippen LogP contribution in [0.1, 0.15) is 361 Å². The zero-order chi connectivity index (χ0) is 57.8. The Morgan fingerprint density at radius 1 is 0.263 bits per heavy atom. The van der Waals surface area contributed by atoms with E-state index in [0.717, 1.165) is 89.9 Å². The molecule has 0 bridgehead atoms. The highest BCUT2D eigenvalue weighted by Crippen LogP contribution is 2.18. The summed E-state index contributed by atoms with van der Waals surface area (Å²) in [5, 5.41) is 0. The molecule has 0 aromatic heterocycles. The second-order valence-electron chi connectivity index (χ2n) is 23.4. The Kier molecular flexibility index (Phi) is 65.7. The Morgan fingerprint density at radius 3 is 0.812 bits per heavy atom. The van der Waals surface area contributed by atoms with Crippen molar-refractivity contribution in [3.8, 4) is 0 Å². The van der Waals surface area contributed by atoms with Crippen molar-refractivity contribution in [3.63, 3.8) is 0 Å². The monoisotopic (exact) mass is 1120 g/mol. The van der Waals surface area contributed by atoms with Crippen molar-refractivity contribution in [1.82, 2.24) is 0 Å². The molecular formula is C74H132O6. The van der Waals surface area contributed by atoms with Gasteiger partial charge in [0.2, 0.25) is 0 Å². The van der Waals surface area contributed by atoms with Gasteiger partial charge in [-0.3, -0.25) is 14.4 Å². The van der Waals surface area contributed by atoms with E-state index in [4.69, 9.17) is 14.2 Å². The van der Waals surface area contributed by atoms with Gasteiger partial charge in [0.05, 0.1) is 0 Å². The van der Waals surface area contributed by atoms with Gasteiger partial charge in [0.1, 0.15) is 13.2 Å². The molecule has 0 N–H and O–H groups in total. The molecule has 0 rings (SSSR count). The summed E-state index contributed by atoms with van der Waals surface area (Å²) in [5.74, 6) is -0.870.